The molecule has 1 aromatic heterocycles. The van der Waals surface area contributed by atoms with Crippen LogP contribution < -0.4 is 16.0 Å². The van der Waals surface area contributed by atoms with Crippen molar-refractivity contribution in [3.8, 4) is 6.07 Å². The molecule has 1 amide bonds. The van der Waals surface area contributed by atoms with Gasteiger partial charge in [-0.05, 0) is 72.8 Å². The number of para-hydroxylation sites is 1. The standard InChI is InChI=1S/C29H20FN5O/c30-21-15-24(33-22-6-2-1-3-7-22)17-25(16-21)35-29(36)20-5-4-8-23(14-20)34-28-11-12-32-27-10-9-19(18-31)13-26(27)28/h1-17,33H,(H,32,34)(H,35,36). The highest BCUT2D eigenvalue weighted by atomic mass is 19.1. The first-order valence-electron chi connectivity index (χ1n) is 11.2. The van der Waals surface area contributed by atoms with Gasteiger partial charge in [0.15, 0.2) is 0 Å². The van der Waals surface area contributed by atoms with Gasteiger partial charge in [0.2, 0.25) is 0 Å². The number of aromatic nitrogens is 1. The number of nitriles is 1. The minimum atomic E-state index is -0.469. The monoisotopic (exact) mass is 473 g/mol. The third kappa shape index (κ3) is 5.13. The van der Waals surface area contributed by atoms with Crippen molar-refractivity contribution in [3.63, 3.8) is 0 Å². The Bertz CT molecular complexity index is 1610. The van der Waals surface area contributed by atoms with Crippen LogP contribution in [0.1, 0.15) is 15.9 Å². The van der Waals surface area contributed by atoms with Crippen LogP contribution in [-0.4, -0.2) is 10.9 Å². The summed E-state index contributed by atoms with van der Waals surface area (Å²) in [6.07, 6.45) is 1.68. The van der Waals surface area contributed by atoms with Gasteiger partial charge in [0, 0.05) is 45.6 Å². The van der Waals surface area contributed by atoms with Crippen LogP contribution in [0.4, 0.5) is 32.8 Å². The Morgan fingerprint density at radius 3 is 2.42 bits per heavy atom. The molecule has 0 aliphatic carbocycles. The van der Waals surface area contributed by atoms with E-state index >= 15 is 0 Å². The second kappa shape index (κ2) is 9.95. The fraction of sp³-hybridized carbons (Fsp3) is 0. The van der Waals surface area contributed by atoms with Crippen LogP contribution in [0.2, 0.25) is 0 Å². The van der Waals surface area contributed by atoms with Gasteiger partial charge in [-0.3, -0.25) is 9.78 Å². The molecule has 0 aliphatic heterocycles. The van der Waals surface area contributed by atoms with Gasteiger partial charge in [-0.25, -0.2) is 4.39 Å². The predicted molar refractivity (Wildman–Crippen MR) is 140 cm³/mol. The number of anilines is 5. The summed E-state index contributed by atoms with van der Waals surface area (Å²) in [5.74, 6) is -0.843. The second-order valence-electron chi connectivity index (χ2n) is 8.08. The molecule has 4 aromatic carbocycles. The maximum atomic E-state index is 14.2. The molecule has 6 nitrogen and oxygen atoms in total. The molecule has 0 fully saturated rings. The van der Waals surface area contributed by atoms with E-state index in [1.807, 2.05) is 42.5 Å². The average Bonchev–Trinajstić information content (AvgIpc) is 2.89. The Morgan fingerprint density at radius 2 is 1.58 bits per heavy atom. The number of rotatable bonds is 6. The van der Waals surface area contributed by atoms with Crippen LogP contribution in [0.5, 0.6) is 0 Å². The van der Waals surface area contributed by atoms with Crippen LogP contribution in [-0.2, 0) is 0 Å². The molecular weight excluding hydrogens is 453 g/mol. The Morgan fingerprint density at radius 1 is 0.778 bits per heavy atom. The van der Waals surface area contributed by atoms with Gasteiger partial charge in [-0.2, -0.15) is 5.26 Å². The van der Waals surface area contributed by atoms with E-state index in [-0.39, 0.29) is 5.91 Å². The summed E-state index contributed by atoms with van der Waals surface area (Å²) in [4.78, 5) is 17.3. The van der Waals surface area contributed by atoms with Crippen molar-refractivity contribution in [3.05, 3.63) is 120 Å². The zero-order chi connectivity index (χ0) is 24.9. The van der Waals surface area contributed by atoms with Crippen LogP contribution >= 0.6 is 0 Å². The smallest absolute Gasteiger partial charge is 0.255 e. The summed E-state index contributed by atoms with van der Waals surface area (Å²) >= 11 is 0. The highest BCUT2D eigenvalue weighted by molar-refractivity contribution is 6.05. The van der Waals surface area contributed by atoms with Crippen molar-refractivity contribution in [1.82, 2.24) is 4.98 Å². The van der Waals surface area contributed by atoms with E-state index in [2.05, 4.69) is 27.0 Å². The summed E-state index contributed by atoms with van der Waals surface area (Å²) < 4.78 is 14.2. The number of pyridine rings is 1. The molecule has 0 saturated heterocycles. The van der Waals surface area contributed by atoms with Crippen molar-refractivity contribution in [2.75, 3.05) is 16.0 Å². The lowest BCUT2D eigenvalue weighted by Crippen LogP contribution is -2.12. The Labute approximate surface area is 207 Å². The number of nitrogens with zero attached hydrogens (tertiary/aromatic N) is 2. The van der Waals surface area contributed by atoms with E-state index in [1.54, 1.807) is 48.7 Å². The van der Waals surface area contributed by atoms with Gasteiger partial charge >= 0.3 is 0 Å². The molecule has 3 N–H and O–H groups in total. The van der Waals surface area contributed by atoms with Crippen molar-refractivity contribution in [2.45, 2.75) is 0 Å². The van der Waals surface area contributed by atoms with E-state index in [0.717, 1.165) is 22.3 Å². The van der Waals surface area contributed by atoms with Gasteiger partial charge in [0.05, 0.1) is 17.1 Å². The summed E-state index contributed by atoms with van der Waals surface area (Å²) in [6, 6.07) is 29.9. The molecule has 0 spiro atoms. The third-order valence-electron chi connectivity index (χ3n) is 5.49. The number of carbonyl (C=O) groups excluding carboxylic acids is 1. The fourth-order valence-electron chi connectivity index (χ4n) is 3.84. The van der Waals surface area contributed by atoms with Crippen LogP contribution in [0.3, 0.4) is 0 Å². The minimum Gasteiger partial charge on any atom is -0.355 e. The molecule has 5 rings (SSSR count). The molecule has 5 aromatic rings. The summed E-state index contributed by atoms with van der Waals surface area (Å²) in [6.45, 7) is 0. The molecule has 0 radical (unpaired) electrons. The van der Waals surface area contributed by atoms with Gasteiger partial charge in [0.25, 0.3) is 5.91 Å². The van der Waals surface area contributed by atoms with Crippen molar-refractivity contribution in [1.29, 1.82) is 5.26 Å². The zero-order valence-corrected chi connectivity index (χ0v) is 19.0. The van der Waals surface area contributed by atoms with Crippen LogP contribution in [0, 0.1) is 17.1 Å². The summed E-state index contributed by atoms with van der Waals surface area (Å²) in [7, 11) is 0. The number of hydrogen-bond acceptors (Lipinski definition) is 5. The fourth-order valence-corrected chi connectivity index (χ4v) is 3.84. The Kier molecular flexibility index (Phi) is 6.24. The van der Waals surface area contributed by atoms with Crippen LogP contribution in [0.15, 0.2) is 103 Å². The highest BCUT2D eigenvalue weighted by Crippen LogP contribution is 2.27. The molecule has 0 bridgehead atoms. The third-order valence-corrected chi connectivity index (χ3v) is 5.49. The Hall–Kier alpha value is -5.22. The first-order valence-corrected chi connectivity index (χ1v) is 11.2. The quantitative estimate of drug-likeness (QED) is 0.247. The number of nitrogens with one attached hydrogen (secondary N) is 3. The molecular formula is C29H20FN5O. The van der Waals surface area contributed by atoms with E-state index < -0.39 is 5.82 Å². The van der Waals surface area contributed by atoms with Gasteiger partial charge in [-0.1, -0.05) is 24.3 Å². The van der Waals surface area contributed by atoms with E-state index in [4.69, 9.17) is 0 Å². The lowest BCUT2D eigenvalue weighted by molar-refractivity contribution is 0.102. The van der Waals surface area contributed by atoms with E-state index in [1.165, 1.54) is 12.1 Å². The van der Waals surface area contributed by atoms with Crippen LogP contribution in [0.25, 0.3) is 10.9 Å². The van der Waals surface area contributed by atoms with Gasteiger partial charge in [0.1, 0.15) is 5.82 Å². The first kappa shape index (κ1) is 22.6. The predicted octanol–water partition coefficient (Wildman–Crippen LogP) is 6.99. The highest BCUT2D eigenvalue weighted by Gasteiger charge is 2.10. The number of fused-ring (bicyclic) bond motifs is 1. The topological polar surface area (TPSA) is 89.8 Å². The molecule has 0 unspecified atom stereocenters. The minimum absolute atomic E-state index is 0.334. The zero-order valence-electron chi connectivity index (χ0n) is 19.0. The molecule has 0 saturated carbocycles. The van der Waals surface area contributed by atoms with Crippen molar-refractivity contribution >= 4 is 45.2 Å². The maximum Gasteiger partial charge on any atom is 0.255 e. The van der Waals surface area contributed by atoms with Gasteiger partial charge < -0.3 is 16.0 Å². The number of amides is 1. The number of hydrogen-bond donors (Lipinski definition) is 3. The molecule has 0 atom stereocenters. The largest absolute Gasteiger partial charge is 0.355 e. The van der Waals surface area contributed by atoms with Gasteiger partial charge in [-0.15, -0.1) is 0 Å². The Balaban J connectivity index is 1.36. The number of halogens is 1. The first-order chi connectivity index (χ1) is 17.6. The lowest BCUT2D eigenvalue weighted by Gasteiger charge is -2.12. The number of benzene rings is 4. The van der Waals surface area contributed by atoms with E-state index in [0.29, 0.717) is 28.2 Å². The molecule has 36 heavy (non-hydrogen) atoms. The number of carbonyl (C=O) groups is 1. The van der Waals surface area contributed by atoms with E-state index in [9.17, 15) is 14.4 Å². The average molecular weight is 474 g/mol. The normalized spacial score (nSPS) is 10.4. The molecule has 1 heterocycles. The summed E-state index contributed by atoms with van der Waals surface area (Å²) in [5, 5.41) is 19.2. The SMILES string of the molecule is N#Cc1ccc2nccc(Nc3cccc(C(=O)Nc4cc(F)cc(Nc5ccccc5)c4)c3)c2c1. The second-order valence-corrected chi connectivity index (χ2v) is 8.08. The van der Waals surface area contributed by atoms with Crippen molar-refractivity contribution < 1.29 is 9.18 Å². The van der Waals surface area contributed by atoms with Crippen molar-refractivity contribution in [2.24, 2.45) is 0 Å². The lowest BCUT2D eigenvalue weighted by atomic mass is 10.1. The maximum absolute atomic E-state index is 14.2. The molecule has 0 aliphatic rings. The molecule has 7 heteroatoms. The summed E-state index contributed by atoms with van der Waals surface area (Å²) in [5.41, 5.74) is 4.79. The molecule has 174 valence electrons.